The quantitative estimate of drug-likeness (QED) is 0.761. The second kappa shape index (κ2) is 4.56. The molecule has 0 saturated heterocycles. The molecule has 2 nitrogen and oxygen atoms in total. The molecule has 4 heteroatoms. The highest BCUT2D eigenvalue weighted by atomic mass is 79.9. The Kier molecular flexibility index (Phi) is 3.04. The Balaban J connectivity index is 2.15. The fourth-order valence-electron chi connectivity index (χ4n) is 2.43. The van der Waals surface area contributed by atoms with E-state index in [1.54, 1.807) is 0 Å². The predicted octanol–water partition coefficient (Wildman–Crippen LogP) is 4.41. The number of carbonyl (C=O) groups is 1. The Hall–Kier alpha value is -1.06. The number of aromatic nitrogens is 1. The van der Waals surface area contributed by atoms with E-state index in [1.165, 1.54) is 0 Å². The van der Waals surface area contributed by atoms with Crippen LogP contribution in [0.5, 0.6) is 0 Å². The van der Waals surface area contributed by atoms with Crippen molar-refractivity contribution in [3.8, 4) is 5.69 Å². The molecule has 2 aromatic rings. The number of ketones is 1. The van der Waals surface area contributed by atoms with Crippen molar-refractivity contribution in [2.45, 2.75) is 19.3 Å². The largest absolute Gasteiger partial charge is 0.319 e. The molecule has 3 rings (SSSR count). The Bertz CT molecular complexity index is 633. The van der Waals surface area contributed by atoms with Crippen LogP contribution in [0.2, 0.25) is 5.02 Å². The summed E-state index contributed by atoms with van der Waals surface area (Å²) in [7, 11) is 0. The molecule has 92 valence electrons. The summed E-state index contributed by atoms with van der Waals surface area (Å²) in [5.41, 5.74) is 2.85. The van der Waals surface area contributed by atoms with Gasteiger partial charge in [0.05, 0.1) is 10.7 Å². The molecule has 0 aliphatic heterocycles. The number of rotatable bonds is 1. The number of fused-ring (bicyclic) bond motifs is 1. The van der Waals surface area contributed by atoms with E-state index in [0.29, 0.717) is 11.4 Å². The summed E-state index contributed by atoms with van der Waals surface area (Å²) in [6.45, 7) is 0. The van der Waals surface area contributed by atoms with Crippen LogP contribution in [0.3, 0.4) is 0 Å². The number of benzene rings is 1. The summed E-state index contributed by atoms with van der Waals surface area (Å²) >= 11 is 9.66. The lowest BCUT2D eigenvalue weighted by Gasteiger charge is -2.16. The van der Waals surface area contributed by atoms with Gasteiger partial charge in [-0.25, -0.2) is 0 Å². The smallest absolute Gasteiger partial charge is 0.164 e. The molecule has 1 heterocycles. The van der Waals surface area contributed by atoms with Crippen LogP contribution in [0.1, 0.15) is 28.9 Å². The highest BCUT2D eigenvalue weighted by Crippen LogP contribution is 2.30. The molecule has 0 spiro atoms. The van der Waals surface area contributed by atoms with Crippen molar-refractivity contribution in [1.29, 1.82) is 0 Å². The number of hydrogen-bond acceptors (Lipinski definition) is 1. The predicted molar refractivity (Wildman–Crippen MR) is 75.7 cm³/mol. The number of carbonyl (C=O) groups excluding carboxylic acids is 1. The topological polar surface area (TPSA) is 22.0 Å². The van der Waals surface area contributed by atoms with Gasteiger partial charge < -0.3 is 4.57 Å². The summed E-state index contributed by atoms with van der Waals surface area (Å²) in [5, 5.41) is 0.681. The Morgan fingerprint density at radius 2 is 2.06 bits per heavy atom. The van der Waals surface area contributed by atoms with Gasteiger partial charge in [0.25, 0.3) is 0 Å². The molecule has 0 atom stereocenters. The second-order valence-corrected chi connectivity index (χ2v) is 5.74. The van der Waals surface area contributed by atoms with Gasteiger partial charge in [0, 0.05) is 28.3 Å². The molecule has 0 fully saturated rings. The normalized spacial score (nSPS) is 14.7. The van der Waals surface area contributed by atoms with Crippen molar-refractivity contribution in [1.82, 2.24) is 4.57 Å². The zero-order valence-corrected chi connectivity index (χ0v) is 12.0. The van der Waals surface area contributed by atoms with E-state index in [1.807, 2.05) is 35.0 Å². The van der Waals surface area contributed by atoms with Crippen LogP contribution >= 0.6 is 27.5 Å². The standard InChI is InChI=1S/C14H11BrClNO/c15-9-4-5-13(11(16)8-9)17-7-6-10-12(17)2-1-3-14(10)18/h4-8H,1-3H2. The summed E-state index contributed by atoms with van der Waals surface area (Å²) in [5.74, 6) is 0.239. The molecule has 1 aliphatic rings. The fourth-order valence-corrected chi connectivity index (χ4v) is 3.19. The van der Waals surface area contributed by atoms with E-state index in [2.05, 4.69) is 15.9 Å². The van der Waals surface area contributed by atoms with Crippen LogP contribution in [0.4, 0.5) is 0 Å². The molecule has 1 aliphatic carbocycles. The summed E-state index contributed by atoms with van der Waals surface area (Å²) in [4.78, 5) is 11.8. The third-order valence-corrected chi connectivity index (χ3v) is 4.08. The minimum absolute atomic E-state index is 0.239. The molecule has 1 aromatic carbocycles. The van der Waals surface area contributed by atoms with Crippen molar-refractivity contribution >= 4 is 33.3 Å². The average Bonchev–Trinajstić information content (AvgIpc) is 2.74. The third kappa shape index (κ3) is 1.91. The summed E-state index contributed by atoms with van der Waals surface area (Å²) in [6, 6.07) is 7.69. The first-order chi connectivity index (χ1) is 8.66. The van der Waals surface area contributed by atoms with Gasteiger partial charge in [-0.05, 0) is 37.1 Å². The first kappa shape index (κ1) is 12.0. The van der Waals surface area contributed by atoms with Crippen LogP contribution in [0, 0.1) is 0 Å². The SMILES string of the molecule is O=C1CCCc2c1ccn2-c1ccc(Br)cc1Cl. The van der Waals surface area contributed by atoms with E-state index in [9.17, 15) is 4.79 Å². The minimum Gasteiger partial charge on any atom is -0.319 e. The monoisotopic (exact) mass is 323 g/mol. The Morgan fingerprint density at radius 1 is 1.22 bits per heavy atom. The van der Waals surface area contributed by atoms with Gasteiger partial charge in [-0.2, -0.15) is 0 Å². The Labute approximate surface area is 119 Å². The van der Waals surface area contributed by atoms with Gasteiger partial charge in [0.1, 0.15) is 0 Å². The van der Waals surface area contributed by atoms with Crippen molar-refractivity contribution < 1.29 is 4.79 Å². The van der Waals surface area contributed by atoms with Crippen molar-refractivity contribution in [2.24, 2.45) is 0 Å². The van der Waals surface area contributed by atoms with Gasteiger partial charge in [-0.3, -0.25) is 4.79 Å². The molecular formula is C14H11BrClNO. The molecule has 18 heavy (non-hydrogen) atoms. The van der Waals surface area contributed by atoms with Crippen LogP contribution in [0.25, 0.3) is 5.69 Å². The van der Waals surface area contributed by atoms with Gasteiger partial charge >= 0.3 is 0 Å². The number of hydrogen-bond donors (Lipinski definition) is 0. The average molecular weight is 325 g/mol. The highest BCUT2D eigenvalue weighted by Gasteiger charge is 2.21. The highest BCUT2D eigenvalue weighted by molar-refractivity contribution is 9.10. The van der Waals surface area contributed by atoms with E-state index >= 15 is 0 Å². The maximum Gasteiger partial charge on any atom is 0.164 e. The fraction of sp³-hybridized carbons (Fsp3) is 0.214. The number of nitrogens with zero attached hydrogens (tertiary/aromatic N) is 1. The van der Waals surface area contributed by atoms with Crippen molar-refractivity contribution in [3.05, 3.63) is 51.2 Å². The number of Topliss-reactive ketones (excluding diaryl/α,β-unsaturated/α-hetero) is 1. The third-order valence-electron chi connectivity index (χ3n) is 3.28. The summed E-state index contributed by atoms with van der Waals surface area (Å²) in [6.07, 6.45) is 4.44. The Morgan fingerprint density at radius 3 is 2.83 bits per heavy atom. The zero-order chi connectivity index (χ0) is 12.7. The lowest BCUT2D eigenvalue weighted by atomic mass is 9.97. The second-order valence-electron chi connectivity index (χ2n) is 4.42. The van der Waals surface area contributed by atoms with Crippen molar-refractivity contribution in [2.75, 3.05) is 0 Å². The van der Waals surface area contributed by atoms with Gasteiger partial charge in [0.2, 0.25) is 0 Å². The van der Waals surface area contributed by atoms with Crippen LogP contribution < -0.4 is 0 Å². The number of halogens is 2. The zero-order valence-electron chi connectivity index (χ0n) is 9.62. The molecule has 0 unspecified atom stereocenters. The maximum atomic E-state index is 11.8. The molecule has 0 amide bonds. The van der Waals surface area contributed by atoms with Crippen LogP contribution in [-0.4, -0.2) is 10.4 Å². The summed E-state index contributed by atoms with van der Waals surface area (Å²) < 4.78 is 2.98. The molecular weight excluding hydrogens is 314 g/mol. The molecule has 0 bridgehead atoms. The first-order valence-electron chi connectivity index (χ1n) is 5.85. The van der Waals surface area contributed by atoms with E-state index in [-0.39, 0.29) is 5.78 Å². The lowest BCUT2D eigenvalue weighted by molar-refractivity contribution is 0.0972. The van der Waals surface area contributed by atoms with E-state index < -0.39 is 0 Å². The molecule has 1 aromatic heterocycles. The molecule has 0 N–H and O–H groups in total. The first-order valence-corrected chi connectivity index (χ1v) is 7.03. The van der Waals surface area contributed by atoms with Crippen molar-refractivity contribution in [3.63, 3.8) is 0 Å². The minimum atomic E-state index is 0.239. The van der Waals surface area contributed by atoms with E-state index in [0.717, 1.165) is 34.3 Å². The van der Waals surface area contributed by atoms with Crippen LogP contribution in [0.15, 0.2) is 34.9 Å². The maximum absolute atomic E-state index is 11.8. The molecule has 0 radical (unpaired) electrons. The van der Waals surface area contributed by atoms with Gasteiger partial charge in [0.15, 0.2) is 5.78 Å². The lowest BCUT2D eigenvalue weighted by Crippen LogP contribution is -2.12. The van der Waals surface area contributed by atoms with E-state index in [4.69, 9.17) is 11.6 Å². The van der Waals surface area contributed by atoms with Gasteiger partial charge in [-0.1, -0.05) is 27.5 Å². The van der Waals surface area contributed by atoms with Crippen LogP contribution in [-0.2, 0) is 6.42 Å². The van der Waals surface area contributed by atoms with Gasteiger partial charge in [-0.15, -0.1) is 0 Å². The molecule has 0 saturated carbocycles.